The number of nitrogens with one attached hydrogen (secondary N) is 1. The van der Waals surface area contributed by atoms with Gasteiger partial charge in [-0.3, -0.25) is 4.72 Å². The molecule has 3 aromatic rings. The predicted octanol–water partition coefficient (Wildman–Crippen LogP) is 5.26. The highest BCUT2D eigenvalue weighted by molar-refractivity contribution is 7.92. The van der Waals surface area contributed by atoms with Gasteiger partial charge in [-0.1, -0.05) is 30.3 Å². The summed E-state index contributed by atoms with van der Waals surface area (Å²) in [7, 11) is -3.58. The van der Waals surface area contributed by atoms with Crippen LogP contribution in [0.3, 0.4) is 0 Å². The van der Waals surface area contributed by atoms with Crippen molar-refractivity contribution in [2.45, 2.75) is 6.18 Å². The molecule has 1 N–H and O–H groups in total. The first-order valence-corrected chi connectivity index (χ1v) is 10.1. The topological polar surface area (TPSA) is 64.6 Å². The van der Waals surface area contributed by atoms with Crippen LogP contribution in [0.1, 0.15) is 5.56 Å². The number of rotatable bonds is 3. The Morgan fingerprint density at radius 1 is 0.931 bits per heavy atom. The third-order valence-electron chi connectivity index (χ3n) is 4.22. The summed E-state index contributed by atoms with van der Waals surface area (Å²) in [5.41, 5.74) is 0.836. The van der Waals surface area contributed by atoms with Gasteiger partial charge in [-0.25, -0.2) is 8.42 Å². The molecule has 0 spiro atoms. The minimum atomic E-state index is -4.45. The van der Waals surface area contributed by atoms with Gasteiger partial charge in [0.05, 0.1) is 11.3 Å². The van der Waals surface area contributed by atoms with E-state index in [1.807, 2.05) is 0 Å². The molecule has 0 saturated heterocycles. The maximum Gasteiger partial charge on any atom is 0.416 e. The van der Waals surface area contributed by atoms with E-state index >= 15 is 0 Å². The van der Waals surface area contributed by atoms with Crippen LogP contribution >= 0.6 is 0 Å². The SMILES string of the molecule is O=S1(=O)COc2cccc(-c3ccc(Oc4cccc(C(F)(F)F)c4)cc3)c2N1. The fourth-order valence-corrected chi connectivity index (χ4v) is 3.76. The Kier molecular flexibility index (Phi) is 4.62. The molecule has 4 rings (SSSR count). The van der Waals surface area contributed by atoms with E-state index in [0.717, 1.165) is 12.1 Å². The van der Waals surface area contributed by atoms with Crippen molar-refractivity contribution < 1.29 is 31.1 Å². The van der Waals surface area contributed by atoms with E-state index in [4.69, 9.17) is 9.47 Å². The van der Waals surface area contributed by atoms with E-state index in [1.165, 1.54) is 12.1 Å². The second kappa shape index (κ2) is 7.00. The van der Waals surface area contributed by atoms with Crippen LogP contribution in [0.15, 0.2) is 66.7 Å². The zero-order valence-electron chi connectivity index (χ0n) is 14.7. The molecule has 0 saturated carbocycles. The number of halogens is 3. The monoisotopic (exact) mass is 421 g/mol. The van der Waals surface area contributed by atoms with Crippen molar-refractivity contribution in [3.63, 3.8) is 0 Å². The Balaban J connectivity index is 1.60. The Hall–Kier alpha value is -3.20. The number of benzene rings is 3. The number of para-hydroxylation sites is 1. The Morgan fingerprint density at radius 2 is 1.66 bits per heavy atom. The summed E-state index contributed by atoms with van der Waals surface area (Å²) in [5.74, 6) is 0.370. The van der Waals surface area contributed by atoms with Crippen LogP contribution in [0, 0.1) is 0 Å². The van der Waals surface area contributed by atoms with Crippen molar-refractivity contribution in [1.82, 2.24) is 0 Å². The van der Waals surface area contributed by atoms with Crippen molar-refractivity contribution in [2.75, 3.05) is 10.7 Å². The van der Waals surface area contributed by atoms with Crippen LogP contribution in [0.4, 0.5) is 18.9 Å². The molecule has 1 aliphatic rings. The van der Waals surface area contributed by atoms with Gasteiger partial charge in [0.2, 0.25) is 5.94 Å². The first-order chi connectivity index (χ1) is 13.7. The third-order valence-corrected chi connectivity index (χ3v) is 5.16. The standard InChI is InChI=1S/C20H14F3NO4S/c21-20(22,23)14-3-1-4-16(11-14)28-15-9-7-13(8-10-15)17-5-2-6-18-19(17)24-29(25,26)12-27-18/h1-11,24H,12H2. The normalized spacial score (nSPS) is 15.0. The number of hydrogen-bond donors (Lipinski definition) is 1. The van der Waals surface area contributed by atoms with Crippen molar-refractivity contribution in [2.24, 2.45) is 0 Å². The molecule has 1 heterocycles. The highest BCUT2D eigenvalue weighted by Crippen LogP contribution is 2.39. The van der Waals surface area contributed by atoms with E-state index in [9.17, 15) is 21.6 Å². The molecule has 0 aromatic heterocycles. The van der Waals surface area contributed by atoms with Crippen molar-refractivity contribution in [3.05, 3.63) is 72.3 Å². The summed E-state index contributed by atoms with van der Waals surface area (Å²) in [6, 6.07) is 16.3. The summed E-state index contributed by atoms with van der Waals surface area (Å²) in [5, 5.41) is 0. The average molecular weight is 421 g/mol. The molecule has 0 bridgehead atoms. The largest absolute Gasteiger partial charge is 0.474 e. The van der Waals surface area contributed by atoms with Gasteiger partial charge in [-0.15, -0.1) is 0 Å². The highest BCUT2D eigenvalue weighted by atomic mass is 32.2. The van der Waals surface area contributed by atoms with Crippen LogP contribution in [-0.4, -0.2) is 14.4 Å². The third kappa shape index (κ3) is 4.14. The van der Waals surface area contributed by atoms with E-state index in [0.29, 0.717) is 28.3 Å². The van der Waals surface area contributed by atoms with Gasteiger partial charge in [0.1, 0.15) is 17.2 Å². The molecular formula is C20H14F3NO4S. The number of fused-ring (bicyclic) bond motifs is 1. The lowest BCUT2D eigenvalue weighted by Crippen LogP contribution is -2.25. The fourth-order valence-electron chi connectivity index (χ4n) is 2.90. The first-order valence-electron chi connectivity index (χ1n) is 8.43. The van der Waals surface area contributed by atoms with Gasteiger partial charge < -0.3 is 9.47 Å². The lowest BCUT2D eigenvalue weighted by Gasteiger charge is -2.22. The molecule has 0 amide bonds. The second-order valence-corrected chi connectivity index (χ2v) is 7.98. The Morgan fingerprint density at radius 3 is 2.38 bits per heavy atom. The number of sulfonamides is 1. The minimum Gasteiger partial charge on any atom is -0.474 e. The summed E-state index contributed by atoms with van der Waals surface area (Å²) in [6.07, 6.45) is -4.45. The van der Waals surface area contributed by atoms with E-state index in [1.54, 1.807) is 42.5 Å². The summed E-state index contributed by atoms with van der Waals surface area (Å²) in [4.78, 5) is 0. The number of hydrogen-bond acceptors (Lipinski definition) is 4. The Labute approximate surface area is 164 Å². The smallest absolute Gasteiger partial charge is 0.416 e. The molecule has 0 radical (unpaired) electrons. The quantitative estimate of drug-likeness (QED) is 0.627. The predicted molar refractivity (Wildman–Crippen MR) is 101 cm³/mol. The van der Waals surface area contributed by atoms with Crippen molar-refractivity contribution in [1.29, 1.82) is 0 Å². The lowest BCUT2D eigenvalue weighted by molar-refractivity contribution is -0.137. The van der Waals surface area contributed by atoms with E-state index in [2.05, 4.69) is 4.72 Å². The van der Waals surface area contributed by atoms with Crippen LogP contribution < -0.4 is 14.2 Å². The van der Waals surface area contributed by atoms with Gasteiger partial charge in [-0.05, 0) is 42.0 Å². The van der Waals surface area contributed by atoms with E-state index < -0.39 is 27.7 Å². The van der Waals surface area contributed by atoms with Crippen molar-refractivity contribution >= 4 is 15.7 Å². The molecule has 3 aromatic carbocycles. The highest BCUT2D eigenvalue weighted by Gasteiger charge is 2.30. The van der Waals surface area contributed by atoms with Crippen LogP contribution in [0.25, 0.3) is 11.1 Å². The molecule has 5 nitrogen and oxygen atoms in total. The summed E-state index contributed by atoms with van der Waals surface area (Å²) in [6.45, 7) is 0. The van der Waals surface area contributed by atoms with Crippen LogP contribution in [0.2, 0.25) is 0 Å². The van der Waals surface area contributed by atoms with Gasteiger partial charge in [-0.2, -0.15) is 13.2 Å². The van der Waals surface area contributed by atoms with E-state index in [-0.39, 0.29) is 5.75 Å². The number of ether oxygens (including phenoxy) is 2. The number of anilines is 1. The molecular weight excluding hydrogens is 407 g/mol. The molecule has 0 aliphatic carbocycles. The molecule has 29 heavy (non-hydrogen) atoms. The Bertz CT molecular complexity index is 1160. The zero-order chi connectivity index (χ0) is 20.6. The maximum atomic E-state index is 12.8. The number of alkyl halides is 3. The maximum absolute atomic E-state index is 12.8. The van der Waals surface area contributed by atoms with Crippen LogP contribution in [0.5, 0.6) is 17.2 Å². The summed E-state index contributed by atoms with van der Waals surface area (Å²) < 4.78 is 75.4. The van der Waals surface area contributed by atoms with Crippen LogP contribution in [-0.2, 0) is 16.2 Å². The molecule has 150 valence electrons. The molecule has 0 atom stereocenters. The molecule has 0 unspecified atom stereocenters. The lowest BCUT2D eigenvalue weighted by atomic mass is 10.0. The van der Waals surface area contributed by atoms with Crippen molar-refractivity contribution in [3.8, 4) is 28.4 Å². The zero-order valence-corrected chi connectivity index (χ0v) is 15.5. The van der Waals surface area contributed by atoms with Gasteiger partial charge in [0, 0.05) is 5.56 Å². The van der Waals surface area contributed by atoms with Gasteiger partial charge in [0.15, 0.2) is 0 Å². The minimum absolute atomic E-state index is 0.0609. The summed E-state index contributed by atoms with van der Waals surface area (Å²) >= 11 is 0. The molecule has 1 aliphatic heterocycles. The first kappa shape index (κ1) is 19.1. The molecule has 9 heteroatoms. The molecule has 0 fully saturated rings. The second-order valence-electron chi connectivity index (χ2n) is 6.31. The van der Waals surface area contributed by atoms with Gasteiger partial charge >= 0.3 is 6.18 Å². The van der Waals surface area contributed by atoms with Gasteiger partial charge in [0.25, 0.3) is 10.0 Å². The fraction of sp³-hybridized carbons (Fsp3) is 0.100. The average Bonchev–Trinajstić information content (AvgIpc) is 2.67.